The summed E-state index contributed by atoms with van der Waals surface area (Å²) < 4.78 is 27.2. The van der Waals surface area contributed by atoms with Crippen LogP contribution in [0.25, 0.3) is 0 Å². The molecule has 2 heterocycles. The molecular weight excluding hydrogens is 445 g/mol. The second kappa shape index (κ2) is 10.6. The second-order valence-electron chi connectivity index (χ2n) is 8.45. The summed E-state index contributed by atoms with van der Waals surface area (Å²) in [4.78, 5) is 15.0. The van der Waals surface area contributed by atoms with Crippen LogP contribution in [-0.4, -0.2) is 62.8 Å². The van der Waals surface area contributed by atoms with Gasteiger partial charge in [0.15, 0.2) is 0 Å². The first kappa shape index (κ1) is 23.8. The Labute approximate surface area is 189 Å². The largest absolute Gasteiger partial charge is 0.356 e. The molecular formula is C21H31Cl2N3O3S. The molecule has 0 saturated carbocycles. The highest BCUT2D eigenvalue weighted by Gasteiger charge is 2.33. The van der Waals surface area contributed by atoms with Crippen LogP contribution in [0.5, 0.6) is 0 Å². The average molecular weight is 476 g/mol. The number of rotatable bonds is 7. The van der Waals surface area contributed by atoms with E-state index >= 15 is 0 Å². The number of carbonyl (C=O) groups is 1. The minimum Gasteiger partial charge on any atom is -0.356 e. The Bertz CT molecular complexity index is 842. The van der Waals surface area contributed by atoms with Gasteiger partial charge >= 0.3 is 0 Å². The molecule has 0 bridgehead atoms. The molecule has 1 aromatic carbocycles. The van der Waals surface area contributed by atoms with Gasteiger partial charge in [-0.15, -0.1) is 0 Å². The Hall–Kier alpha value is -0.860. The highest BCUT2D eigenvalue weighted by atomic mass is 35.5. The van der Waals surface area contributed by atoms with Crippen LogP contribution < -0.4 is 5.32 Å². The number of amides is 1. The number of hydrogen-bond donors (Lipinski definition) is 1. The lowest BCUT2D eigenvalue weighted by molar-refractivity contribution is -0.126. The van der Waals surface area contributed by atoms with Crippen molar-refractivity contribution in [2.45, 2.75) is 43.9 Å². The molecule has 168 valence electrons. The number of carbonyl (C=O) groups excluding carboxylic acids is 1. The fourth-order valence-electron chi connectivity index (χ4n) is 4.32. The fraction of sp³-hybridized carbons (Fsp3) is 0.667. The number of nitrogens with one attached hydrogen (secondary N) is 1. The Kier molecular flexibility index (Phi) is 8.44. The molecule has 2 aliphatic heterocycles. The number of halogens is 2. The highest BCUT2D eigenvalue weighted by molar-refractivity contribution is 7.89. The van der Waals surface area contributed by atoms with Crippen LogP contribution in [0.1, 0.15) is 39.0 Å². The average Bonchev–Trinajstić information content (AvgIpc) is 2.73. The molecule has 0 aliphatic carbocycles. The lowest BCUT2D eigenvalue weighted by atomic mass is 9.97. The molecule has 1 amide bonds. The van der Waals surface area contributed by atoms with Crippen LogP contribution >= 0.6 is 23.2 Å². The predicted octanol–water partition coefficient (Wildman–Crippen LogP) is 3.63. The number of hydrogen-bond acceptors (Lipinski definition) is 4. The Morgan fingerprint density at radius 3 is 2.60 bits per heavy atom. The van der Waals surface area contributed by atoms with E-state index in [1.807, 2.05) is 0 Å². The van der Waals surface area contributed by atoms with Crippen LogP contribution in [0.4, 0.5) is 0 Å². The summed E-state index contributed by atoms with van der Waals surface area (Å²) >= 11 is 12.0. The van der Waals surface area contributed by atoms with E-state index in [2.05, 4.69) is 17.1 Å². The van der Waals surface area contributed by atoms with Gasteiger partial charge in [-0.25, -0.2) is 8.42 Å². The Morgan fingerprint density at radius 1 is 1.17 bits per heavy atom. The summed E-state index contributed by atoms with van der Waals surface area (Å²) in [6, 6.07) is 4.42. The van der Waals surface area contributed by atoms with Crippen molar-refractivity contribution in [3.05, 3.63) is 28.2 Å². The number of nitrogens with zero attached hydrogens (tertiary/aromatic N) is 2. The summed E-state index contributed by atoms with van der Waals surface area (Å²) in [5.74, 6) is 0.637. The van der Waals surface area contributed by atoms with Crippen molar-refractivity contribution < 1.29 is 13.2 Å². The van der Waals surface area contributed by atoms with Crippen molar-refractivity contribution >= 4 is 39.1 Å². The first-order valence-electron chi connectivity index (χ1n) is 10.7. The minimum atomic E-state index is -3.72. The molecule has 3 rings (SSSR count). The minimum absolute atomic E-state index is 0.0200. The zero-order chi connectivity index (χ0) is 21.7. The maximum atomic E-state index is 12.9. The molecule has 9 heteroatoms. The van der Waals surface area contributed by atoms with Gasteiger partial charge in [0.2, 0.25) is 15.9 Å². The zero-order valence-electron chi connectivity index (χ0n) is 17.4. The Balaban J connectivity index is 1.43. The smallest absolute Gasteiger partial charge is 0.244 e. The Morgan fingerprint density at radius 2 is 1.90 bits per heavy atom. The van der Waals surface area contributed by atoms with E-state index in [1.165, 1.54) is 29.3 Å². The van der Waals surface area contributed by atoms with Gasteiger partial charge in [-0.3, -0.25) is 4.79 Å². The van der Waals surface area contributed by atoms with Gasteiger partial charge in [-0.1, -0.05) is 30.1 Å². The standard InChI is InChI=1S/C21H31Cl2N3O3S/c1-16-4-2-10-25(15-16)11-3-9-24-21(27)17-7-12-26(13-8-17)30(28,29)20-14-18(22)5-6-19(20)23/h5-6,14,16-17H,2-4,7-13,15H2,1H3,(H,24,27). The molecule has 0 aromatic heterocycles. The number of likely N-dealkylation sites (tertiary alicyclic amines) is 1. The topological polar surface area (TPSA) is 69.7 Å². The van der Waals surface area contributed by atoms with E-state index in [9.17, 15) is 13.2 Å². The quantitative estimate of drug-likeness (QED) is 0.611. The van der Waals surface area contributed by atoms with Gasteiger partial charge in [0, 0.05) is 37.1 Å². The van der Waals surface area contributed by atoms with E-state index in [-0.39, 0.29) is 21.7 Å². The summed E-state index contributed by atoms with van der Waals surface area (Å²) in [5.41, 5.74) is 0. The van der Waals surface area contributed by atoms with E-state index < -0.39 is 10.0 Å². The third-order valence-corrected chi connectivity index (χ3v) is 8.64. The van der Waals surface area contributed by atoms with Gasteiger partial charge in [0.05, 0.1) is 5.02 Å². The van der Waals surface area contributed by atoms with Crippen molar-refractivity contribution in [1.82, 2.24) is 14.5 Å². The van der Waals surface area contributed by atoms with Crippen molar-refractivity contribution in [1.29, 1.82) is 0 Å². The van der Waals surface area contributed by atoms with Crippen LogP contribution in [0.15, 0.2) is 23.1 Å². The van der Waals surface area contributed by atoms with E-state index in [1.54, 1.807) is 6.07 Å². The molecule has 2 aliphatic rings. The van der Waals surface area contributed by atoms with Gasteiger partial charge in [-0.05, 0) is 69.3 Å². The lowest BCUT2D eigenvalue weighted by Gasteiger charge is -2.31. The van der Waals surface area contributed by atoms with Gasteiger partial charge < -0.3 is 10.2 Å². The molecule has 2 saturated heterocycles. The third-order valence-electron chi connectivity index (χ3n) is 6.03. The maximum Gasteiger partial charge on any atom is 0.244 e. The van der Waals surface area contributed by atoms with E-state index in [0.29, 0.717) is 37.5 Å². The van der Waals surface area contributed by atoms with Crippen molar-refractivity contribution in [2.75, 3.05) is 39.3 Å². The highest BCUT2D eigenvalue weighted by Crippen LogP contribution is 2.30. The molecule has 1 N–H and O–H groups in total. The van der Waals surface area contributed by atoms with E-state index in [0.717, 1.165) is 32.0 Å². The molecule has 6 nitrogen and oxygen atoms in total. The summed E-state index contributed by atoms with van der Waals surface area (Å²) in [7, 11) is -3.72. The number of piperidine rings is 2. The maximum absolute atomic E-state index is 12.9. The van der Waals surface area contributed by atoms with Crippen LogP contribution in [0.2, 0.25) is 10.0 Å². The molecule has 2 fully saturated rings. The fourth-order valence-corrected chi connectivity index (χ4v) is 6.53. The van der Waals surface area contributed by atoms with Crippen LogP contribution in [0, 0.1) is 11.8 Å². The molecule has 1 aromatic rings. The summed E-state index contributed by atoms with van der Waals surface area (Å²) in [6.07, 6.45) is 4.53. The van der Waals surface area contributed by atoms with Crippen molar-refractivity contribution in [3.8, 4) is 0 Å². The lowest BCUT2D eigenvalue weighted by Crippen LogP contribution is -2.43. The molecule has 1 unspecified atom stereocenters. The number of sulfonamides is 1. The van der Waals surface area contributed by atoms with Gasteiger partial charge in [0.1, 0.15) is 4.90 Å². The normalized spacial score (nSPS) is 22.2. The first-order valence-corrected chi connectivity index (χ1v) is 12.9. The first-order chi connectivity index (χ1) is 14.3. The summed E-state index contributed by atoms with van der Waals surface area (Å²) in [5, 5.41) is 3.51. The number of benzene rings is 1. The van der Waals surface area contributed by atoms with Crippen molar-refractivity contribution in [2.24, 2.45) is 11.8 Å². The monoisotopic (exact) mass is 475 g/mol. The SMILES string of the molecule is CC1CCCN(CCCNC(=O)C2CCN(S(=O)(=O)c3cc(Cl)ccc3Cl)CC2)C1. The van der Waals surface area contributed by atoms with E-state index in [4.69, 9.17) is 23.2 Å². The molecule has 30 heavy (non-hydrogen) atoms. The van der Waals surface area contributed by atoms with Crippen molar-refractivity contribution in [3.63, 3.8) is 0 Å². The summed E-state index contributed by atoms with van der Waals surface area (Å²) in [6.45, 7) is 6.88. The molecule has 1 atom stereocenters. The van der Waals surface area contributed by atoms with Crippen LogP contribution in [0.3, 0.4) is 0 Å². The van der Waals surface area contributed by atoms with Gasteiger partial charge in [-0.2, -0.15) is 4.31 Å². The zero-order valence-corrected chi connectivity index (χ0v) is 19.8. The van der Waals surface area contributed by atoms with Crippen LogP contribution in [-0.2, 0) is 14.8 Å². The predicted molar refractivity (Wildman–Crippen MR) is 120 cm³/mol. The molecule has 0 radical (unpaired) electrons. The second-order valence-corrected chi connectivity index (χ2v) is 11.2. The molecule has 0 spiro atoms. The third kappa shape index (κ3) is 6.10. The van der Waals surface area contributed by atoms with Gasteiger partial charge in [0.25, 0.3) is 0 Å².